The van der Waals surface area contributed by atoms with Crippen molar-refractivity contribution < 1.29 is 9.18 Å². The molecule has 1 aliphatic rings. The molecule has 1 saturated heterocycles. The summed E-state index contributed by atoms with van der Waals surface area (Å²) in [5, 5.41) is 5.10. The molecule has 0 bridgehead atoms. The highest BCUT2D eigenvalue weighted by molar-refractivity contribution is 6.30. The number of amides is 1. The maximum Gasteiger partial charge on any atom is 0.272 e. The summed E-state index contributed by atoms with van der Waals surface area (Å²) in [7, 11) is 0. The smallest absolute Gasteiger partial charge is 0.272 e. The van der Waals surface area contributed by atoms with E-state index in [9.17, 15) is 9.18 Å². The Hall–Kier alpha value is -2.86. The molecule has 1 aromatic heterocycles. The van der Waals surface area contributed by atoms with E-state index in [1.165, 1.54) is 16.8 Å². The van der Waals surface area contributed by atoms with E-state index in [2.05, 4.69) is 10.00 Å². The van der Waals surface area contributed by atoms with Crippen LogP contribution in [0.3, 0.4) is 0 Å². The number of aryl methyl sites for hydroxylation is 1. The zero-order chi connectivity index (χ0) is 19.7. The number of hydrogen-bond donors (Lipinski definition) is 0. The maximum atomic E-state index is 13.6. The van der Waals surface area contributed by atoms with Gasteiger partial charge in [0.15, 0.2) is 0 Å². The summed E-state index contributed by atoms with van der Waals surface area (Å²) in [6.45, 7) is 4.51. The highest BCUT2D eigenvalue weighted by atomic mass is 35.5. The van der Waals surface area contributed by atoms with Crippen LogP contribution >= 0.6 is 11.6 Å². The Morgan fingerprint density at radius 2 is 1.71 bits per heavy atom. The minimum Gasteiger partial charge on any atom is -0.368 e. The van der Waals surface area contributed by atoms with Crippen LogP contribution < -0.4 is 4.90 Å². The van der Waals surface area contributed by atoms with Crippen LogP contribution in [0.4, 0.5) is 10.1 Å². The molecular formula is C21H20ClFN4O. The van der Waals surface area contributed by atoms with Gasteiger partial charge in [0.05, 0.1) is 11.4 Å². The Kier molecular flexibility index (Phi) is 5.05. The number of carbonyl (C=O) groups is 1. The molecule has 0 saturated carbocycles. The van der Waals surface area contributed by atoms with Crippen molar-refractivity contribution in [1.82, 2.24) is 14.7 Å². The van der Waals surface area contributed by atoms with Crippen LogP contribution in [0.5, 0.6) is 0 Å². The Labute approximate surface area is 167 Å². The van der Waals surface area contributed by atoms with E-state index in [-0.39, 0.29) is 11.7 Å². The highest BCUT2D eigenvalue weighted by Crippen LogP contribution is 2.21. The molecule has 2 heterocycles. The second-order valence-corrected chi connectivity index (χ2v) is 7.25. The van der Waals surface area contributed by atoms with Crippen molar-refractivity contribution in [3.63, 3.8) is 0 Å². The third kappa shape index (κ3) is 3.73. The monoisotopic (exact) mass is 398 g/mol. The van der Waals surface area contributed by atoms with E-state index in [0.29, 0.717) is 35.2 Å². The number of aromatic nitrogens is 2. The second-order valence-electron chi connectivity index (χ2n) is 6.82. The number of benzene rings is 2. The second kappa shape index (κ2) is 7.64. The van der Waals surface area contributed by atoms with Crippen LogP contribution in [-0.4, -0.2) is 46.8 Å². The molecular weight excluding hydrogens is 379 g/mol. The summed E-state index contributed by atoms with van der Waals surface area (Å²) in [4.78, 5) is 17.2. The number of anilines is 1. The summed E-state index contributed by atoms with van der Waals surface area (Å²) in [5.41, 5.74) is 2.80. The Morgan fingerprint density at radius 3 is 2.39 bits per heavy atom. The van der Waals surface area contributed by atoms with Crippen molar-refractivity contribution in [2.24, 2.45) is 0 Å². The quantitative estimate of drug-likeness (QED) is 0.671. The average molecular weight is 399 g/mol. The molecule has 0 aliphatic carbocycles. The third-order valence-corrected chi connectivity index (χ3v) is 5.11. The summed E-state index contributed by atoms with van der Waals surface area (Å²) in [6.07, 6.45) is 0. The zero-order valence-corrected chi connectivity index (χ0v) is 16.2. The molecule has 0 N–H and O–H groups in total. The predicted octanol–water partition coefficient (Wildman–Crippen LogP) is 3.94. The Morgan fingerprint density at radius 1 is 1.00 bits per heavy atom. The normalized spacial score (nSPS) is 14.4. The summed E-state index contributed by atoms with van der Waals surface area (Å²) in [6, 6.07) is 15.6. The minimum absolute atomic E-state index is 0.0967. The molecule has 144 valence electrons. The molecule has 2 aromatic carbocycles. The van der Waals surface area contributed by atoms with E-state index in [1.54, 1.807) is 18.2 Å². The fraction of sp³-hybridized carbons (Fsp3) is 0.238. The van der Waals surface area contributed by atoms with Crippen molar-refractivity contribution >= 4 is 23.2 Å². The van der Waals surface area contributed by atoms with Crippen LogP contribution in [0.25, 0.3) is 5.69 Å². The molecule has 1 fully saturated rings. The molecule has 0 atom stereocenters. The van der Waals surface area contributed by atoms with E-state index < -0.39 is 0 Å². The molecule has 4 rings (SSSR count). The van der Waals surface area contributed by atoms with Gasteiger partial charge in [0.25, 0.3) is 5.91 Å². The van der Waals surface area contributed by atoms with Gasteiger partial charge in [-0.15, -0.1) is 0 Å². The van der Waals surface area contributed by atoms with Crippen LogP contribution in [0, 0.1) is 12.7 Å². The van der Waals surface area contributed by atoms with Crippen LogP contribution in [0.2, 0.25) is 5.02 Å². The maximum absolute atomic E-state index is 13.6. The van der Waals surface area contributed by atoms with E-state index in [1.807, 2.05) is 36.1 Å². The lowest BCUT2D eigenvalue weighted by Crippen LogP contribution is -2.49. The van der Waals surface area contributed by atoms with E-state index in [4.69, 9.17) is 11.6 Å². The molecule has 0 radical (unpaired) electrons. The van der Waals surface area contributed by atoms with E-state index in [0.717, 1.165) is 18.8 Å². The van der Waals surface area contributed by atoms with Gasteiger partial charge in [-0.2, -0.15) is 5.10 Å². The Balaban J connectivity index is 1.51. The van der Waals surface area contributed by atoms with Crippen molar-refractivity contribution in [3.05, 3.63) is 76.8 Å². The predicted molar refractivity (Wildman–Crippen MR) is 108 cm³/mol. The fourth-order valence-electron chi connectivity index (χ4n) is 3.44. The first-order valence-corrected chi connectivity index (χ1v) is 9.51. The molecule has 1 amide bonds. The van der Waals surface area contributed by atoms with Crippen molar-refractivity contribution in [1.29, 1.82) is 0 Å². The number of rotatable bonds is 3. The standard InChI is InChI=1S/C21H20ClFN4O/c1-15-13-20(27(24-15)19-4-2-3-17(23)14-19)21(28)26-11-9-25(10-12-26)18-7-5-16(22)6-8-18/h2-8,13-14H,9-12H2,1H3. The summed E-state index contributed by atoms with van der Waals surface area (Å²) >= 11 is 5.96. The number of carbonyl (C=O) groups excluding carboxylic acids is 1. The number of piperazine rings is 1. The van der Waals surface area contributed by atoms with Gasteiger partial charge >= 0.3 is 0 Å². The molecule has 1 aliphatic heterocycles. The zero-order valence-electron chi connectivity index (χ0n) is 15.5. The lowest BCUT2D eigenvalue weighted by atomic mass is 10.2. The number of halogens is 2. The highest BCUT2D eigenvalue weighted by Gasteiger charge is 2.25. The number of hydrogen-bond acceptors (Lipinski definition) is 3. The number of nitrogens with zero attached hydrogens (tertiary/aromatic N) is 4. The SMILES string of the molecule is Cc1cc(C(=O)N2CCN(c3ccc(Cl)cc3)CC2)n(-c2cccc(F)c2)n1. The van der Waals surface area contributed by atoms with E-state index >= 15 is 0 Å². The average Bonchev–Trinajstić information content (AvgIpc) is 3.10. The molecule has 0 unspecified atom stereocenters. The van der Waals surface area contributed by atoms with Gasteiger partial charge in [0.2, 0.25) is 0 Å². The van der Waals surface area contributed by atoms with Crippen molar-refractivity contribution in [3.8, 4) is 5.69 Å². The molecule has 3 aromatic rings. The molecule has 28 heavy (non-hydrogen) atoms. The first kappa shape index (κ1) is 18.5. The molecule has 0 spiro atoms. The molecule has 5 nitrogen and oxygen atoms in total. The van der Waals surface area contributed by atoms with Gasteiger partial charge in [-0.05, 0) is 55.5 Å². The van der Waals surface area contributed by atoms with Crippen molar-refractivity contribution in [2.75, 3.05) is 31.1 Å². The minimum atomic E-state index is -0.361. The van der Waals surface area contributed by atoms with Gasteiger partial charge in [0.1, 0.15) is 11.5 Å². The van der Waals surface area contributed by atoms with Crippen LogP contribution in [0.15, 0.2) is 54.6 Å². The lowest BCUT2D eigenvalue weighted by molar-refractivity contribution is 0.0737. The van der Waals surface area contributed by atoms with Crippen LogP contribution in [-0.2, 0) is 0 Å². The lowest BCUT2D eigenvalue weighted by Gasteiger charge is -2.36. The third-order valence-electron chi connectivity index (χ3n) is 4.86. The van der Waals surface area contributed by atoms with Gasteiger partial charge in [-0.3, -0.25) is 4.79 Å². The topological polar surface area (TPSA) is 41.4 Å². The van der Waals surface area contributed by atoms with Gasteiger partial charge in [-0.1, -0.05) is 17.7 Å². The first-order chi connectivity index (χ1) is 13.5. The van der Waals surface area contributed by atoms with Gasteiger partial charge in [-0.25, -0.2) is 9.07 Å². The van der Waals surface area contributed by atoms with Crippen molar-refractivity contribution in [2.45, 2.75) is 6.92 Å². The van der Waals surface area contributed by atoms with Gasteiger partial charge in [0, 0.05) is 36.9 Å². The fourth-order valence-corrected chi connectivity index (χ4v) is 3.56. The first-order valence-electron chi connectivity index (χ1n) is 9.14. The van der Waals surface area contributed by atoms with Gasteiger partial charge < -0.3 is 9.80 Å². The summed E-state index contributed by atoms with van der Waals surface area (Å²) < 4.78 is 15.1. The largest absolute Gasteiger partial charge is 0.368 e. The molecule has 7 heteroatoms. The summed E-state index contributed by atoms with van der Waals surface area (Å²) in [5.74, 6) is -0.457. The Bertz CT molecular complexity index is 994. The van der Waals surface area contributed by atoms with Crippen LogP contribution in [0.1, 0.15) is 16.2 Å².